The fourth-order valence-electron chi connectivity index (χ4n) is 1.28. The SMILES string of the molecule is CNC(CCl)c1cc(Cl)c(OC)cc1Cl. The summed E-state index contributed by atoms with van der Waals surface area (Å²) in [7, 11) is 3.37. The van der Waals surface area contributed by atoms with Gasteiger partial charge in [-0.2, -0.15) is 0 Å². The van der Waals surface area contributed by atoms with Gasteiger partial charge in [-0.1, -0.05) is 23.2 Å². The van der Waals surface area contributed by atoms with Gasteiger partial charge in [0.15, 0.2) is 0 Å². The Balaban J connectivity index is 3.14. The summed E-state index contributed by atoms with van der Waals surface area (Å²) in [6, 6.07) is 3.45. The van der Waals surface area contributed by atoms with Crippen molar-refractivity contribution in [1.82, 2.24) is 5.32 Å². The molecule has 0 spiro atoms. The quantitative estimate of drug-likeness (QED) is 0.844. The first-order chi connectivity index (χ1) is 7.13. The van der Waals surface area contributed by atoms with Crippen LogP contribution in [0.3, 0.4) is 0 Å². The Bertz CT molecular complexity index is 340. The van der Waals surface area contributed by atoms with Crippen LogP contribution in [0.15, 0.2) is 12.1 Å². The molecule has 0 aromatic heterocycles. The van der Waals surface area contributed by atoms with Crippen molar-refractivity contribution < 1.29 is 4.74 Å². The van der Waals surface area contributed by atoms with Gasteiger partial charge in [-0.15, -0.1) is 11.6 Å². The van der Waals surface area contributed by atoms with Crippen LogP contribution >= 0.6 is 34.8 Å². The molecule has 0 aliphatic heterocycles. The molecule has 0 saturated heterocycles. The number of rotatable bonds is 4. The monoisotopic (exact) mass is 267 g/mol. The average molecular weight is 269 g/mol. The zero-order chi connectivity index (χ0) is 11.4. The molecular formula is C10H12Cl3NO. The maximum atomic E-state index is 6.10. The number of nitrogens with one attached hydrogen (secondary N) is 1. The number of methoxy groups -OCH3 is 1. The predicted molar refractivity (Wildman–Crippen MR) is 65.5 cm³/mol. The Morgan fingerprint density at radius 3 is 2.47 bits per heavy atom. The van der Waals surface area contributed by atoms with Crippen molar-refractivity contribution in [2.75, 3.05) is 20.0 Å². The molecule has 0 heterocycles. The molecule has 1 aromatic carbocycles. The zero-order valence-electron chi connectivity index (χ0n) is 8.48. The van der Waals surface area contributed by atoms with E-state index in [0.717, 1.165) is 5.56 Å². The fourth-order valence-corrected chi connectivity index (χ4v) is 2.14. The van der Waals surface area contributed by atoms with Crippen molar-refractivity contribution in [3.05, 3.63) is 27.7 Å². The van der Waals surface area contributed by atoms with E-state index in [1.807, 2.05) is 7.05 Å². The summed E-state index contributed by atoms with van der Waals surface area (Å²) in [5.74, 6) is 0.994. The molecule has 0 bridgehead atoms. The summed E-state index contributed by atoms with van der Waals surface area (Å²) in [6.07, 6.45) is 0. The van der Waals surface area contributed by atoms with Gasteiger partial charge >= 0.3 is 0 Å². The third-order valence-electron chi connectivity index (χ3n) is 2.15. The molecule has 0 saturated carbocycles. The first kappa shape index (κ1) is 12.9. The Morgan fingerprint density at radius 2 is 2.00 bits per heavy atom. The van der Waals surface area contributed by atoms with Crippen LogP contribution in [0.1, 0.15) is 11.6 Å². The lowest BCUT2D eigenvalue weighted by Gasteiger charge is -2.16. The first-order valence-electron chi connectivity index (χ1n) is 4.40. The second-order valence-corrected chi connectivity index (χ2v) is 4.13. The standard InChI is InChI=1S/C10H12Cl3NO/c1-14-9(5-11)6-3-8(13)10(15-2)4-7(6)12/h3-4,9,14H,5H2,1-2H3. The van der Waals surface area contributed by atoms with E-state index < -0.39 is 0 Å². The minimum absolute atomic E-state index is 0.0115. The predicted octanol–water partition coefficient (Wildman–Crippen LogP) is 3.50. The van der Waals surface area contributed by atoms with Crippen molar-refractivity contribution in [3.63, 3.8) is 0 Å². The van der Waals surface area contributed by atoms with E-state index in [2.05, 4.69) is 5.32 Å². The largest absolute Gasteiger partial charge is 0.495 e. The molecule has 0 fully saturated rings. The second-order valence-electron chi connectivity index (χ2n) is 3.00. The number of hydrogen-bond donors (Lipinski definition) is 1. The third-order valence-corrected chi connectivity index (χ3v) is 3.08. The van der Waals surface area contributed by atoms with Gasteiger partial charge in [0.25, 0.3) is 0 Å². The van der Waals surface area contributed by atoms with Gasteiger partial charge in [0.2, 0.25) is 0 Å². The number of hydrogen-bond acceptors (Lipinski definition) is 2. The molecule has 1 aromatic rings. The lowest BCUT2D eigenvalue weighted by Crippen LogP contribution is -2.18. The Kier molecular flexibility index (Phi) is 5.00. The molecular weight excluding hydrogens is 256 g/mol. The lowest BCUT2D eigenvalue weighted by molar-refractivity contribution is 0.414. The van der Waals surface area contributed by atoms with Crippen LogP contribution in [0, 0.1) is 0 Å². The van der Waals surface area contributed by atoms with Gasteiger partial charge in [0.1, 0.15) is 5.75 Å². The van der Waals surface area contributed by atoms with Gasteiger partial charge in [-0.3, -0.25) is 0 Å². The summed E-state index contributed by atoms with van der Waals surface area (Å²) in [5, 5.41) is 4.18. The fraction of sp³-hybridized carbons (Fsp3) is 0.400. The van der Waals surface area contributed by atoms with E-state index in [-0.39, 0.29) is 6.04 Å². The van der Waals surface area contributed by atoms with Crippen LogP contribution in [0.25, 0.3) is 0 Å². The van der Waals surface area contributed by atoms with Crippen molar-refractivity contribution in [3.8, 4) is 5.75 Å². The summed E-state index contributed by atoms with van der Waals surface area (Å²) in [4.78, 5) is 0. The molecule has 5 heteroatoms. The summed E-state index contributed by atoms with van der Waals surface area (Å²) in [6.45, 7) is 0. The van der Waals surface area contributed by atoms with E-state index in [9.17, 15) is 0 Å². The van der Waals surface area contributed by atoms with Gasteiger partial charge < -0.3 is 10.1 Å². The van der Waals surface area contributed by atoms with Crippen molar-refractivity contribution >= 4 is 34.8 Å². The minimum atomic E-state index is -0.0115. The minimum Gasteiger partial charge on any atom is -0.495 e. The number of benzene rings is 1. The average Bonchev–Trinajstić information content (AvgIpc) is 2.24. The zero-order valence-corrected chi connectivity index (χ0v) is 10.7. The maximum absolute atomic E-state index is 6.10. The molecule has 1 atom stereocenters. The number of halogens is 3. The molecule has 0 aliphatic rings. The van der Waals surface area contributed by atoms with E-state index in [1.54, 1.807) is 19.2 Å². The molecule has 1 rings (SSSR count). The molecule has 2 nitrogen and oxygen atoms in total. The van der Waals surface area contributed by atoms with Crippen LogP contribution in [0.2, 0.25) is 10.0 Å². The van der Waals surface area contributed by atoms with Gasteiger partial charge in [0.05, 0.1) is 12.1 Å². The highest BCUT2D eigenvalue weighted by atomic mass is 35.5. The number of alkyl halides is 1. The normalized spacial score (nSPS) is 12.6. The van der Waals surface area contributed by atoms with E-state index in [4.69, 9.17) is 39.5 Å². The van der Waals surface area contributed by atoms with Gasteiger partial charge in [0, 0.05) is 23.0 Å². The van der Waals surface area contributed by atoms with E-state index >= 15 is 0 Å². The molecule has 15 heavy (non-hydrogen) atoms. The van der Waals surface area contributed by atoms with Crippen LogP contribution in [0.4, 0.5) is 0 Å². The van der Waals surface area contributed by atoms with Crippen molar-refractivity contribution in [2.45, 2.75) is 6.04 Å². The lowest BCUT2D eigenvalue weighted by atomic mass is 10.1. The molecule has 0 radical (unpaired) electrons. The Labute approximate surface area is 104 Å². The summed E-state index contributed by atoms with van der Waals surface area (Å²) < 4.78 is 5.06. The van der Waals surface area contributed by atoms with Crippen molar-refractivity contribution in [1.29, 1.82) is 0 Å². The third kappa shape index (κ3) is 2.91. The highest BCUT2D eigenvalue weighted by Crippen LogP contribution is 2.34. The van der Waals surface area contributed by atoms with Gasteiger partial charge in [-0.25, -0.2) is 0 Å². The smallest absolute Gasteiger partial charge is 0.138 e. The summed E-state index contributed by atoms with van der Waals surface area (Å²) in [5.41, 5.74) is 0.875. The maximum Gasteiger partial charge on any atom is 0.138 e. The first-order valence-corrected chi connectivity index (χ1v) is 5.69. The molecule has 84 valence electrons. The molecule has 1 N–H and O–H groups in total. The van der Waals surface area contributed by atoms with Gasteiger partial charge in [-0.05, 0) is 18.7 Å². The Morgan fingerprint density at radius 1 is 1.33 bits per heavy atom. The Hall–Kier alpha value is -0.150. The van der Waals surface area contributed by atoms with Crippen LogP contribution in [-0.4, -0.2) is 20.0 Å². The van der Waals surface area contributed by atoms with Crippen LogP contribution in [-0.2, 0) is 0 Å². The van der Waals surface area contributed by atoms with Crippen molar-refractivity contribution in [2.24, 2.45) is 0 Å². The molecule has 1 unspecified atom stereocenters. The number of ether oxygens (including phenoxy) is 1. The van der Waals surface area contributed by atoms with E-state index in [0.29, 0.717) is 21.7 Å². The van der Waals surface area contributed by atoms with Crippen LogP contribution in [0.5, 0.6) is 5.75 Å². The van der Waals surface area contributed by atoms with Crippen LogP contribution < -0.4 is 10.1 Å². The molecule has 0 amide bonds. The van der Waals surface area contributed by atoms with E-state index in [1.165, 1.54) is 0 Å². The highest BCUT2D eigenvalue weighted by molar-refractivity contribution is 6.34. The topological polar surface area (TPSA) is 21.3 Å². The summed E-state index contributed by atoms with van der Waals surface area (Å²) >= 11 is 17.9. The second kappa shape index (κ2) is 5.80. The highest BCUT2D eigenvalue weighted by Gasteiger charge is 2.14. The molecule has 0 aliphatic carbocycles.